The molecule has 0 fully saturated rings. The van der Waals surface area contributed by atoms with E-state index in [-0.39, 0.29) is 11.0 Å². The minimum atomic E-state index is -0.395. The molecule has 1 N–H and O–H groups in total. The number of aryl methyl sites for hydroxylation is 4. The fraction of sp³-hybridized carbons (Fsp3) is 0.391. The molecule has 1 aromatic heterocycles. The van der Waals surface area contributed by atoms with E-state index in [1.807, 2.05) is 13.0 Å². The minimum Gasteiger partial charge on any atom is -0.465 e. The van der Waals surface area contributed by atoms with Gasteiger partial charge in [0.05, 0.1) is 0 Å². The van der Waals surface area contributed by atoms with Crippen molar-refractivity contribution in [3.63, 3.8) is 0 Å². The fourth-order valence-corrected chi connectivity index (χ4v) is 3.33. The van der Waals surface area contributed by atoms with Crippen molar-refractivity contribution in [2.45, 2.75) is 59.8 Å². The molecule has 1 aromatic carbocycles. The molecule has 0 unspecified atom stereocenters. The molecule has 0 saturated carbocycles. The number of rotatable bonds is 8. The van der Waals surface area contributed by atoms with E-state index in [1.165, 1.54) is 11.6 Å². The van der Waals surface area contributed by atoms with Crippen molar-refractivity contribution in [2.75, 3.05) is 5.32 Å². The molecule has 0 aliphatic carbocycles. The van der Waals surface area contributed by atoms with Crippen LogP contribution in [-0.2, 0) is 25.7 Å². The van der Waals surface area contributed by atoms with Gasteiger partial charge in [0.25, 0.3) is 5.91 Å². The van der Waals surface area contributed by atoms with E-state index < -0.39 is 5.91 Å². The Bertz CT molecular complexity index is 868. The Hall–Kier alpha value is -2.62. The molecule has 27 heavy (non-hydrogen) atoms. The summed E-state index contributed by atoms with van der Waals surface area (Å²) in [5, 5.41) is 3.00. The smallest absolute Gasteiger partial charge is 0.263 e. The lowest BCUT2D eigenvalue weighted by molar-refractivity contribution is 0.102. The van der Waals surface area contributed by atoms with Crippen molar-refractivity contribution in [3.8, 4) is 0 Å². The van der Waals surface area contributed by atoms with Gasteiger partial charge in [-0.25, -0.2) is 0 Å². The molecule has 0 bridgehead atoms. The van der Waals surface area contributed by atoms with Gasteiger partial charge in [-0.15, -0.1) is 6.58 Å². The van der Waals surface area contributed by atoms with Crippen molar-refractivity contribution in [1.82, 2.24) is 0 Å². The Morgan fingerprint density at radius 2 is 1.78 bits per heavy atom. The normalized spacial score (nSPS) is 10.7. The highest BCUT2D eigenvalue weighted by molar-refractivity contribution is 6.05. The van der Waals surface area contributed by atoms with Gasteiger partial charge in [0.1, 0.15) is 17.1 Å². The number of nitrogens with one attached hydrogen (secondary N) is 1. The van der Waals surface area contributed by atoms with Gasteiger partial charge in [0.15, 0.2) is 5.43 Å². The van der Waals surface area contributed by atoms with Gasteiger partial charge in [0.2, 0.25) is 0 Å². The summed E-state index contributed by atoms with van der Waals surface area (Å²) in [6, 6.07) is 5.57. The third-order valence-electron chi connectivity index (χ3n) is 4.59. The Morgan fingerprint density at radius 1 is 1.15 bits per heavy atom. The van der Waals surface area contributed by atoms with Crippen LogP contribution < -0.4 is 10.7 Å². The lowest BCUT2D eigenvalue weighted by Crippen LogP contribution is -2.25. The van der Waals surface area contributed by atoms with Crippen LogP contribution in [0.3, 0.4) is 0 Å². The van der Waals surface area contributed by atoms with E-state index in [4.69, 9.17) is 4.42 Å². The molecule has 0 atom stereocenters. The second kappa shape index (κ2) is 9.36. The highest BCUT2D eigenvalue weighted by atomic mass is 16.3. The number of allylic oxidation sites excluding steroid dienone is 1. The number of hydrogen-bond donors (Lipinski definition) is 1. The van der Waals surface area contributed by atoms with Crippen LogP contribution >= 0.6 is 0 Å². The van der Waals surface area contributed by atoms with Gasteiger partial charge in [-0.1, -0.05) is 39.0 Å². The average molecular weight is 367 g/mol. The number of amides is 1. The van der Waals surface area contributed by atoms with Crippen molar-refractivity contribution in [2.24, 2.45) is 0 Å². The molecule has 4 nitrogen and oxygen atoms in total. The fourth-order valence-electron chi connectivity index (χ4n) is 3.33. The third-order valence-corrected chi connectivity index (χ3v) is 4.59. The summed E-state index contributed by atoms with van der Waals surface area (Å²) in [7, 11) is 0. The van der Waals surface area contributed by atoms with Crippen molar-refractivity contribution >= 4 is 11.6 Å². The molecule has 2 aromatic rings. The van der Waals surface area contributed by atoms with Crippen LogP contribution in [0, 0.1) is 6.92 Å². The van der Waals surface area contributed by atoms with Crippen molar-refractivity contribution in [3.05, 3.63) is 74.9 Å². The van der Waals surface area contributed by atoms with Gasteiger partial charge in [-0.3, -0.25) is 9.59 Å². The maximum absolute atomic E-state index is 13.0. The average Bonchev–Trinajstić information content (AvgIpc) is 2.62. The molecule has 0 aliphatic heterocycles. The molecule has 1 amide bonds. The zero-order chi connectivity index (χ0) is 20.0. The molecule has 0 spiro atoms. The third kappa shape index (κ3) is 4.76. The Morgan fingerprint density at radius 3 is 2.30 bits per heavy atom. The predicted octanol–water partition coefficient (Wildman–Crippen LogP) is 5.01. The first kappa shape index (κ1) is 20.7. The highest BCUT2D eigenvalue weighted by Gasteiger charge is 2.20. The number of hydrogen-bond acceptors (Lipinski definition) is 3. The van der Waals surface area contributed by atoms with E-state index in [1.54, 1.807) is 6.92 Å². The van der Waals surface area contributed by atoms with E-state index in [2.05, 4.69) is 37.9 Å². The van der Waals surface area contributed by atoms with Gasteiger partial charge in [-0.2, -0.15) is 0 Å². The number of benzene rings is 1. The zero-order valence-electron chi connectivity index (χ0n) is 16.8. The number of carbonyl (C=O) groups excluding carboxylic acids is 1. The molecule has 144 valence electrons. The van der Waals surface area contributed by atoms with Crippen LogP contribution in [0.1, 0.15) is 65.8 Å². The maximum atomic E-state index is 13.0. The number of carbonyl (C=O) groups is 1. The van der Waals surface area contributed by atoms with Gasteiger partial charge in [0, 0.05) is 18.2 Å². The van der Waals surface area contributed by atoms with Crippen LogP contribution in [0.25, 0.3) is 0 Å². The summed E-state index contributed by atoms with van der Waals surface area (Å²) < 4.78 is 5.68. The zero-order valence-corrected chi connectivity index (χ0v) is 16.8. The molecule has 1 heterocycles. The first-order chi connectivity index (χ1) is 12.9. The lowest BCUT2D eigenvalue weighted by Gasteiger charge is -2.17. The van der Waals surface area contributed by atoms with E-state index in [9.17, 15) is 9.59 Å². The van der Waals surface area contributed by atoms with E-state index in [0.717, 1.165) is 42.5 Å². The van der Waals surface area contributed by atoms with E-state index >= 15 is 0 Å². The monoisotopic (exact) mass is 367 g/mol. The van der Waals surface area contributed by atoms with Gasteiger partial charge in [-0.05, 0) is 49.3 Å². The second-order valence-electron chi connectivity index (χ2n) is 6.71. The standard InChI is InChI=1S/C23H29NO3/c1-6-10-16-13-17(8-3)22(18(9-4)14-16)24-23(26)21-19(25)12-15(5)27-20(21)11-7-2/h6,12-14H,1,7-11H2,2-5H3,(H,24,26). The van der Waals surface area contributed by atoms with Crippen molar-refractivity contribution in [1.29, 1.82) is 0 Å². The lowest BCUT2D eigenvalue weighted by atomic mass is 9.97. The molecule has 2 rings (SSSR count). The van der Waals surface area contributed by atoms with Gasteiger partial charge < -0.3 is 9.73 Å². The molecule has 0 radical (unpaired) electrons. The summed E-state index contributed by atoms with van der Waals surface area (Å²) in [5.41, 5.74) is 3.93. The van der Waals surface area contributed by atoms with Crippen LogP contribution in [0.2, 0.25) is 0 Å². The van der Waals surface area contributed by atoms with Crippen LogP contribution in [0.5, 0.6) is 0 Å². The molecular formula is C23H29NO3. The van der Waals surface area contributed by atoms with E-state index in [0.29, 0.717) is 17.9 Å². The summed E-state index contributed by atoms with van der Waals surface area (Å²) >= 11 is 0. The highest BCUT2D eigenvalue weighted by Crippen LogP contribution is 2.26. The molecule has 0 aliphatic rings. The summed E-state index contributed by atoms with van der Waals surface area (Å²) in [6.45, 7) is 11.6. The topological polar surface area (TPSA) is 59.3 Å². The molecular weight excluding hydrogens is 338 g/mol. The van der Waals surface area contributed by atoms with Crippen LogP contribution in [0.15, 0.2) is 40.1 Å². The predicted molar refractivity (Wildman–Crippen MR) is 111 cm³/mol. The quantitative estimate of drug-likeness (QED) is 0.668. The Labute approximate surface area is 161 Å². The SMILES string of the molecule is C=CCc1cc(CC)c(NC(=O)c2c(CCC)oc(C)cc2=O)c(CC)c1. The first-order valence-electron chi connectivity index (χ1n) is 9.65. The first-order valence-corrected chi connectivity index (χ1v) is 9.65. The van der Waals surface area contributed by atoms with Crippen LogP contribution in [-0.4, -0.2) is 5.91 Å². The summed E-state index contributed by atoms with van der Waals surface area (Å²) in [6.07, 6.45) is 5.59. The summed E-state index contributed by atoms with van der Waals surface area (Å²) in [5.74, 6) is 0.588. The second-order valence-corrected chi connectivity index (χ2v) is 6.71. The van der Waals surface area contributed by atoms with Gasteiger partial charge >= 0.3 is 0 Å². The molecule has 4 heteroatoms. The Balaban J connectivity index is 2.50. The van der Waals surface area contributed by atoms with Crippen molar-refractivity contribution < 1.29 is 9.21 Å². The Kier molecular flexibility index (Phi) is 7.17. The molecule has 0 saturated heterocycles. The summed E-state index contributed by atoms with van der Waals surface area (Å²) in [4.78, 5) is 25.5. The minimum absolute atomic E-state index is 0.113. The van der Waals surface area contributed by atoms with Crippen LogP contribution in [0.4, 0.5) is 5.69 Å². The largest absolute Gasteiger partial charge is 0.465 e. The number of anilines is 1. The maximum Gasteiger partial charge on any atom is 0.263 e.